The van der Waals surface area contributed by atoms with Gasteiger partial charge in [-0.2, -0.15) is 0 Å². The highest BCUT2D eigenvalue weighted by Crippen LogP contribution is 2.48. The van der Waals surface area contributed by atoms with Crippen molar-refractivity contribution < 1.29 is 9.47 Å². The minimum Gasteiger partial charge on any atom is -0.490 e. The van der Waals surface area contributed by atoms with Gasteiger partial charge in [0.15, 0.2) is 5.09 Å². The summed E-state index contributed by atoms with van der Waals surface area (Å²) in [4.78, 5) is -0.176. The van der Waals surface area contributed by atoms with Crippen LogP contribution in [0.3, 0.4) is 0 Å². The number of nitrogens with two attached hydrogens (primary N) is 1. The molecule has 4 heteroatoms. The van der Waals surface area contributed by atoms with E-state index >= 15 is 0 Å². The number of methoxy groups -OCH3 is 2. The quantitative estimate of drug-likeness (QED) is 0.755. The van der Waals surface area contributed by atoms with Crippen molar-refractivity contribution in [1.82, 2.24) is 0 Å². The highest BCUT2D eigenvalue weighted by molar-refractivity contribution is 8.04. The summed E-state index contributed by atoms with van der Waals surface area (Å²) in [6, 6.07) is 0. The van der Waals surface area contributed by atoms with Gasteiger partial charge >= 0.3 is 0 Å². The van der Waals surface area contributed by atoms with Crippen LogP contribution in [0.4, 0.5) is 0 Å². The molecule has 0 spiro atoms. The van der Waals surface area contributed by atoms with Crippen molar-refractivity contribution in [2.24, 2.45) is 5.73 Å². The van der Waals surface area contributed by atoms with E-state index in [0.29, 0.717) is 6.54 Å². The second-order valence-electron chi connectivity index (χ2n) is 3.20. The van der Waals surface area contributed by atoms with Crippen LogP contribution in [0.5, 0.6) is 0 Å². The molecule has 0 saturated carbocycles. The molecule has 76 valence electrons. The number of hydrogen-bond donors (Lipinski definition) is 1. The van der Waals surface area contributed by atoms with Crippen molar-refractivity contribution >= 4 is 11.8 Å². The summed E-state index contributed by atoms with van der Waals surface area (Å²) in [5, 5.41) is 0.982. The SMILES string of the molecule is COC1=C(C)CC(CCN)(OC)S1. The van der Waals surface area contributed by atoms with Gasteiger partial charge in [-0.3, -0.25) is 0 Å². The molecular formula is C9H17NO2S. The van der Waals surface area contributed by atoms with Crippen molar-refractivity contribution in [3.63, 3.8) is 0 Å². The van der Waals surface area contributed by atoms with Crippen LogP contribution < -0.4 is 5.73 Å². The van der Waals surface area contributed by atoms with E-state index in [-0.39, 0.29) is 4.93 Å². The van der Waals surface area contributed by atoms with Gasteiger partial charge in [0, 0.05) is 13.5 Å². The van der Waals surface area contributed by atoms with Crippen molar-refractivity contribution in [3.05, 3.63) is 10.7 Å². The highest BCUT2D eigenvalue weighted by atomic mass is 32.2. The summed E-state index contributed by atoms with van der Waals surface area (Å²) in [5.74, 6) is 0. The molecule has 0 aromatic heterocycles. The summed E-state index contributed by atoms with van der Waals surface area (Å²) in [5.41, 5.74) is 6.80. The summed E-state index contributed by atoms with van der Waals surface area (Å²) in [6.45, 7) is 2.72. The molecule has 0 amide bonds. The van der Waals surface area contributed by atoms with Gasteiger partial charge in [0.1, 0.15) is 4.93 Å². The van der Waals surface area contributed by atoms with Crippen LogP contribution in [0, 0.1) is 0 Å². The Morgan fingerprint density at radius 1 is 1.54 bits per heavy atom. The largest absolute Gasteiger partial charge is 0.490 e. The molecule has 0 aromatic rings. The van der Waals surface area contributed by atoms with E-state index in [4.69, 9.17) is 15.2 Å². The number of ether oxygens (including phenoxy) is 2. The standard InChI is InChI=1S/C9H17NO2S/c1-7-6-9(12-3,4-5-10)13-8(7)11-2/h4-6,10H2,1-3H3. The molecule has 1 aliphatic heterocycles. The van der Waals surface area contributed by atoms with Crippen LogP contribution >= 0.6 is 11.8 Å². The molecule has 0 bridgehead atoms. The van der Waals surface area contributed by atoms with E-state index in [0.717, 1.165) is 17.9 Å². The lowest BCUT2D eigenvalue weighted by Gasteiger charge is -2.26. The zero-order chi connectivity index (χ0) is 9.90. The minimum atomic E-state index is -0.176. The Labute approximate surface area is 83.7 Å². The van der Waals surface area contributed by atoms with E-state index in [1.54, 1.807) is 26.0 Å². The molecule has 0 fully saturated rings. The third kappa shape index (κ3) is 2.18. The molecule has 1 heterocycles. The van der Waals surface area contributed by atoms with Crippen LogP contribution in [0.25, 0.3) is 0 Å². The van der Waals surface area contributed by atoms with E-state index in [1.807, 2.05) is 0 Å². The first-order valence-electron chi connectivity index (χ1n) is 4.35. The van der Waals surface area contributed by atoms with Gasteiger partial charge in [-0.25, -0.2) is 0 Å². The first-order chi connectivity index (χ1) is 6.17. The fraction of sp³-hybridized carbons (Fsp3) is 0.778. The van der Waals surface area contributed by atoms with Gasteiger partial charge in [0.2, 0.25) is 0 Å². The van der Waals surface area contributed by atoms with Gasteiger partial charge in [-0.05, 0) is 25.5 Å². The maximum absolute atomic E-state index is 5.55. The number of thioether (sulfide) groups is 1. The summed E-state index contributed by atoms with van der Waals surface area (Å²) < 4.78 is 10.8. The Balaban J connectivity index is 2.67. The highest BCUT2D eigenvalue weighted by Gasteiger charge is 2.38. The van der Waals surface area contributed by atoms with Crippen molar-refractivity contribution in [3.8, 4) is 0 Å². The molecule has 3 nitrogen and oxygen atoms in total. The fourth-order valence-corrected chi connectivity index (χ4v) is 2.82. The molecular weight excluding hydrogens is 186 g/mol. The summed E-state index contributed by atoms with van der Waals surface area (Å²) in [6.07, 6.45) is 1.77. The third-order valence-corrected chi connectivity index (χ3v) is 3.83. The van der Waals surface area contributed by atoms with Crippen LogP contribution in [-0.4, -0.2) is 25.7 Å². The van der Waals surface area contributed by atoms with Crippen LogP contribution in [0.2, 0.25) is 0 Å². The summed E-state index contributed by atoms with van der Waals surface area (Å²) in [7, 11) is 3.43. The average molecular weight is 203 g/mol. The van der Waals surface area contributed by atoms with Crippen molar-refractivity contribution in [2.45, 2.75) is 24.7 Å². The van der Waals surface area contributed by atoms with E-state index in [1.165, 1.54) is 5.57 Å². The molecule has 0 aliphatic carbocycles. The zero-order valence-electron chi connectivity index (χ0n) is 8.42. The van der Waals surface area contributed by atoms with Crippen LogP contribution in [0.1, 0.15) is 19.8 Å². The first kappa shape index (κ1) is 10.9. The van der Waals surface area contributed by atoms with Crippen molar-refractivity contribution in [1.29, 1.82) is 0 Å². The third-order valence-electron chi connectivity index (χ3n) is 2.24. The lowest BCUT2D eigenvalue weighted by molar-refractivity contribution is 0.0689. The molecule has 1 atom stereocenters. The van der Waals surface area contributed by atoms with Crippen LogP contribution in [-0.2, 0) is 9.47 Å². The Bertz CT molecular complexity index is 218. The number of rotatable bonds is 4. The smallest absolute Gasteiger partial charge is 0.154 e. The maximum atomic E-state index is 5.55. The monoisotopic (exact) mass is 203 g/mol. The van der Waals surface area contributed by atoms with Gasteiger partial charge < -0.3 is 15.2 Å². The Morgan fingerprint density at radius 2 is 2.23 bits per heavy atom. The molecule has 2 N–H and O–H groups in total. The van der Waals surface area contributed by atoms with E-state index < -0.39 is 0 Å². The predicted octanol–water partition coefficient (Wildman–Crippen LogP) is 1.69. The Kier molecular flexibility index (Phi) is 3.64. The molecule has 1 aliphatic rings. The lowest BCUT2D eigenvalue weighted by Crippen LogP contribution is -2.28. The van der Waals surface area contributed by atoms with Gasteiger partial charge in [-0.15, -0.1) is 0 Å². The number of hydrogen-bond acceptors (Lipinski definition) is 4. The average Bonchev–Trinajstić information content (AvgIpc) is 2.44. The predicted molar refractivity (Wildman–Crippen MR) is 55.3 cm³/mol. The molecule has 0 saturated heterocycles. The first-order valence-corrected chi connectivity index (χ1v) is 5.17. The van der Waals surface area contributed by atoms with Gasteiger partial charge in [-0.1, -0.05) is 11.8 Å². The van der Waals surface area contributed by atoms with Gasteiger partial charge in [0.25, 0.3) is 0 Å². The molecule has 1 rings (SSSR count). The second kappa shape index (κ2) is 4.35. The lowest BCUT2D eigenvalue weighted by atomic mass is 10.1. The topological polar surface area (TPSA) is 44.5 Å². The molecule has 0 aromatic carbocycles. The zero-order valence-corrected chi connectivity index (χ0v) is 9.24. The second-order valence-corrected chi connectivity index (χ2v) is 4.52. The van der Waals surface area contributed by atoms with E-state index in [2.05, 4.69) is 6.92 Å². The van der Waals surface area contributed by atoms with Crippen molar-refractivity contribution in [2.75, 3.05) is 20.8 Å². The van der Waals surface area contributed by atoms with Gasteiger partial charge in [0.05, 0.1) is 7.11 Å². The molecule has 0 radical (unpaired) electrons. The van der Waals surface area contributed by atoms with Crippen LogP contribution in [0.15, 0.2) is 10.7 Å². The Morgan fingerprint density at radius 3 is 2.62 bits per heavy atom. The summed E-state index contributed by atoms with van der Waals surface area (Å²) >= 11 is 1.65. The van der Waals surface area contributed by atoms with E-state index in [9.17, 15) is 0 Å². The molecule has 13 heavy (non-hydrogen) atoms. The maximum Gasteiger partial charge on any atom is 0.154 e. The molecule has 1 unspecified atom stereocenters. The normalized spacial score (nSPS) is 28.3. The minimum absolute atomic E-state index is 0.176. The Hall–Kier alpha value is -0.190. The fourth-order valence-electron chi connectivity index (χ4n) is 1.56.